The van der Waals surface area contributed by atoms with Gasteiger partial charge in [0, 0.05) is 31.4 Å². The van der Waals surface area contributed by atoms with Crippen LogP contribution in [0.4, 0.5) is 11.5 Å². The van der Waals surface area contributed by atoms with E-state index in [1.165, 1.54) is 11.9 Å². The number of aryl methyl sites for hydroxylation is 1. The van der Waals surface area contributed by atoms with E-state index in [2.05, 4.69) is 26.3 Å². The fourth-order valence-corrected chi connectivity index (χ4v) is 2.86. The fraction of sp³-hybridized carbons (Fsp3) is 0.389. The number of benzene rings is 1. The molecule has 2 aromatic rings. The van der Waals surface area contributed by atoms with Crippen LogP contribution in [-0.2, 0) is 6.42 Å². The third-order valence-corrected chi connectivity index (χ3v) is 4.11. The van der Waals surface area contributed by atoms with Gasteiger partial charge < -0.3 is 15.1 Å². The van der Waals surface area contributed by atoms with E-state index in [0.717, 1.165) is 38.2 Å². The Kier molecular flexibility index (Phi) is 5.05. The van der Waals surface area contributed by atoms with Gasteiger partial charge in [-0.25, -0.2) is 9.97 Å². The zero-order chi connectivity index (χ0) is 16.9. The molecule has 0 saturated heterocycles. The van der Waals surface area contributed by atoms with Crippen molar-refractivity contribution in [1.82, 2.24) is 14.9 Å². The number of likely N-dealkylation sites (N-methyl/N-ethyl adjacent to an activating group) is 1. The molecule has 0 radical (unpaired) electrons. The third kappa shape index (κ3) is 3.71. The van der Waals surface area contributed by atoms with Gasteiger partial charge in [0.2, 0.25) is 0 Å². The summed E-state index contributed by atoms with van der Waals surface area (Å²) in [6, 6.07) is 9.81. The maximum atomic E-state index is 12.9. The molecule has 0 atom stereocenters. The summed E-state index contributed by atoms with van der Waals surface area (Å²) in [7, 11) is 4.04. The maximum absolute atomic E-state index is 12.9. The van der Waals surface area contributed by atoms with Gasteiger partial charge in [-0.1, -0.05) is 18.2 Å². The van der Waals surface area contributed by atoms with Crippen molar-refractivity contribution in [3.8, 4) is 0 Å². The van der Waals surface area contributed by atoms with Gasteiger partial charge in [0.25, 0.3) is 5.91 Å². The van der Waals surface area contributed by atoms with Crippen LogP contribution in [0.15, 0.2) is 36.7 Å². The standard InChI is InChI=1S/C18H23N5O/c1-22(2)11-9-19-17-12-15(20-13-21-17)18(24)23-10-5-7-14-6-3-4-8-16(14)23/h3-4,6,8,12-13H,5,7,9-11H2,1-2H3,(H,19,20,21). The van der Waals surface area contributed by atoms with E-state index in [1.807, 2.05) is 37.2 Å². The number of para-hydroxylation sites is 1. The molecule has 0 aliphatic carbocycles. The van der Waals surface area contributed by atoms with Crippen LogP contribution >= 0.6 is 0 Å². The molecule has 1 amide bonds. The highest BCUT2D eigenvalue weighted by Gasteiger charge is 2.24. The molecule has 1 aliphatic heterocycles. The van der Waals surface area contributed by atoms with Gasteiger partial charge in [-0.2, -0.15) is 0 Å². The summed E-state index contributed by atoms with van der Waals surface area (Å²) in [5.74, 6) is 0.612. The van der Waals surface area contributed by atoms with Crippen molar-refractivity contribution in [2.24, 2.45) is 0 Å². The molecule has 24 heavy (non-hydrogen) atoms. The molecular formula is C18H23N5O. The molecule has 0 unspecified atom stereocenters. The predicted molar refractivity (Wildman–Crippen MR) is 95.5 cm³/mol. The van der Waals surface area contributed by atoms with Crippen molar-refractivity contribution < 1.29 is 4.79 Å². The lowest BCUT2D eigenvalue weighted by Gasteiger charge is -2.29. The van der Waals surface area contributed by atoms with Crippen molar-refractivity contribution in [2.75, 3.05) is 43.9 Å². The Labute approximate surface area is 142 Å². The molecule has 6 heteroatoms. The molecule has 0 saturated carbocycles. The molecule has 1 aromatic carbocycles. The van der Waals surface area contributed by atoms with Crippen molar-refractivity contribution in [2.45, 2.75) is 12.8 Å². The Morgan fingerprint density at radius 1 is 1.29 bits per heavy atom. The molecule has 3 rings (SSSR count). The Morgan fingerprint density at radius 3 is 2.96 bits per heavy atom. The second kappa shape index (κ2) is 7.40. The number of aromatic nitrogens is 2. The minimum atomic E-state index is -0.0693. The Hall–Kier alpha value is -2.47. The summed E-state index contributed by atoms with van der Waals surface area (Å²) < 4.78 is 0. The number of rotatable bonds is 5. The third-order valence-electron chi connectivity index (χ3n) is 4.11. The van der Waals surface area contributed by atoms with Crippen LogP contribution in [0, 0.1) is 0 Å². The summed E-state index contributed by atoms with van der Waals surface area (Å²) in [5, 5.41) is 3.23. The van der Waals surface area contributed by atoms with Gasteiger partial charge >= 0.3 is 0 Å². The van der Waals surface area contributed by atoms with Crippen molar-refractivity contribution in [1.29, 1.82) is 0 Å². The first-order chi connectivity index (χ1) is 11.6. The molecule has 2 heterocycles. The van der Waals surface area contributed by atoms with E-state index >= 15 is 0 Å². The number of hydrogen-bond donors (Lipinski definition) is 1. The highest BCUT2D eigenvalue weighted by atomic mass is 16.2. The minimum Gasteiger partial charge on any atom is -0.369 e. The molecule has 1 aliphatic rings. The largest absolute Gasteiger partial charge is 0.369 e. The molecule has 1 aromatic heterocycles. The lowest BCUT2D eigenvalue weighted by molar-refractivity contribution is 0.0980. The summed E-state index contributed by atoms with van der Waals surface area (Å²) >= 11 is 0. The minimum absolute atomic E-state index is 0.0693. The Bertz CT molecular complexity index is 716. The highest BCUT2D eigenvalue weighted by Crippen LogP contribution is 2.27. The van der Waals surface area contributed by atoms with Crippen LogP contribution in [-0.4, -0.2) is 54.5 Å². The average Bonchev–Trinajstić information content (AvgIpc) is 2.60. The first-order valence-electron chi connectivity index (χ1n) is 8.25. The monoisotopic (exact) mass is 325 g/mol. The van der Waals surface area contributed by atoms with E-state index < -0.39 is 0 Å². The van der Waals surface area contributed by atoms with E-state index in [4.69, 9.17) is 0 Å². The Morgan fingerprint density at radius 2 is 2.12 bits per heavy atom. The predicted octanol–water partition coefficient (Wildman–Crippen LogP) is 2.04. The van der Waals surface area contributed by atoms with Gasteiger partial charge in [0.15, 0.2) is 0 Å². The van der Waals surface area contributed by atoms with Crippen molar-refractivity contribution >= 4 is 17.4 Å². The van der Waals surface area contributed by atoms with E-state index in [9.17, 15) is 4.79 Å². The number of nitrogens with one attached hydrogen (secondary N) is 1. The molecule has 0 spiro atoms. The topological polar surface area (TPSA) is 61.4 Å². The van der Waals surface area contributed by atoms with Crippen molar-refractivity contribution in [3.63, 3.8) is 0 Å². The number of anilines is 2. The second-order valence-corrected chi connectivity index (χ2v) is 6.21. The fourth-order valence-electron chi connectivity index (χ4n) is 2.86. The van der Waals surface area contributed by atoms with Crippen LogP contribution in [0.3, 0.4) is 0 Å². The average molecular weight is 325 g/mol. The van der Waals surface area contributed by atoms with Gasteiger partial charge in [-0.15, -0.1) is 0 Å². The summed E-state index contributed by atoms with van der Waals surface area (Å²) in [4.78, 5) is 25.2. The molecule has 1 N–H and O–H groups in total. The number of hydrogen-bond acceptors (Lipinski definition) is 5. The quantitative estimate of drug-likeness (QED) is 0.911. The smallest absolute Gasteiger partial charge is 0.277 e. The van der Waals surface area contributed by atoms with Gasteiger partial charge in [-0.3, -0.25) is 4.79 Å². The van der Waals surface area contributed by atoms with Crippen LogP contribution in [0.1, 0.15) is 22.5 Å². The van der Waals surface area contributed by atoms with Crippen LogP contribution in [0.25, 0.3) is 0 Å². The molecule has 6 nitrogen and oxygen atoms in total. The first kappa shape index (κ1) is 16.4. The number of fused-ring (bicyclic) bond motifs is 1. The van der Waals surface area contributed by atoms with Crippen molar-refractivity contribution in [3.05, 3.63) is 47.9 Å². The van der Waals surface area contributed by atoms with Crippen LogP contribution in [0.5, 0.6) is 0 Å². The maximum Gasteiger partial charge on any atom is 0.277 e. The Balaban J connectivity index is 1.76. The van der Waals surface area contributed by atoms with E-state index in [1.54, 1.807) is 6.07 Å². The zero-order valence-electron chi connectivity index (χ0n) is 14.2. The lowest BCUT2D eigenvalue weighted by Crippen LogP contribution is -2.36. The van der Waals surface area contributed by atoms with E-state index in [-0.39, 0.29) is 5.91 Å². The summed E-state index contributed by atoms with van der Waals surface area (Å²) in [6.45, 7) is 2.39. The van der Waals surface area contributed by atoms with E-state index in [0.29, 0.717) is 11.5 Å². The normalized spacial score (nSPS) is 13.7. The molecule has 0 bridgehead atoms. The second-order valence-electron chi connectivity index (χ2n) is 6.21. The highest BCUT2D eigenvalue weighted by molar-refractivity contribution is 6.05. The van der Waals surface area contributed by atoms with Gasteiger partial charge in [-0.05, 0) is 38.6 Å². The summed E-state index contributed by atoms with van der Waals surface area (Å²) in [5.41, 5.74) is 2.64. The van der Waals surface area contributed by atoms with Crippen LogP contribution < -0.4 is 10.2 Å². The molecule has 0 fully saturated rings. The number of nitrogens with zero attached hydrogens (tertiary/aromatic N) is 4. The lowest BCUT2D eigenvalue weighted by atomic mass is 10.0. The van der Waals surface area contributed by atoms with Crippen LogP contribution in [0.2, 0.25) is 0 Å². The van der Waals surface area contributed by atoms with Gasteiger partial charge in [0.1, 0.15) is 17.8 Å². The number of amides is 1. The first-order valence-corrected chi connectivity index (χ1v) is 8.25. The number of carbonyl (C=O) groups is 1. The summed E-state index contributed by atoms with van der Waals surface area (Å²) in [6.07, 6.45) is 3.43. The SMILES string of the molecule is CN(C)CCNc1cc(C(=O)N2CCCc3ccccc32)ncn1. The molecule has 126 valence electrons. The number of carbonyl (C=O) groups excluding carboxylic acids is 1. The zero-order valence-corrected chi connectivity index (χ0v) is 14.2. The molecular weight excluding hydrogens is 302 g/mol. The van der Waals surface area contributed by atoms with Gasteiger partial charge in [0.05, 0.1) is 0 Å².